The van der Waals surface area contributed by atoms with Gasteiger partial charge in [-0.3, -0.25) is 0 Å². The van der Waals surface area contributed by atoms with Gasteiger partial charge in [0, 0.05) is 25.2 Å². The van der Waals surface area contributed by atoms with Crippen LogP contribution in [0, 0.1) is 6.92 Å². The summed E-state index contributed by atoms with van der Waals surface area (Å²) in [7, 11) is 1.91. The molecule has 1 aromatic heterocycles. The molecule has 0 saturated heterocycles. The van der Waals surface area contributed by atoms with Gasteiger partial charge in [-0.15, -0.1) is 0 Å². The summed E-state index contributed by atoms with van der Waals surface area (Å²) in [5, 5.41) is 7.74. The van der Waals surface area contributed by atoms with Gasteiger partial charge in [0.25, 0.3) is 0 Å². The van der Waals surface area contributed by atoms with E-state index in [0.29, 0.717) is 0 Å². The summed E-state index contributed by atoms with van der Waals surface area (Å²) < 4.78 is 7.74. The molecule has 1 unspecified atom stereocenters. The van der Waals surface area contributed by atoms with E-state index in [0.717, 1.165) is 24.5 Å². The maximum atomic E-state index is 5.95. The third-order valence-corrected chi connectivity index (χ3v) is 2.56. The molecule has 1 aromatic rings. The third-order valence-electron chi connectivity index (χ3n) is 2.56. The van der Waals surface area contributed by atoms with E-state index in [1.54, 1.807) is 4.68 Å². The molecule has 1 heterocycles. The first-order chi connectivity index (χ1) is 7.81. The normalized spacial score (nSPS) is 13.8. The molecule has 4 heteroatoms. The lowest BCUT2D eigenvalue weighted by Gasteiger charge is -2.25. The zero-order valence-corrected chi connectivity index (χ0v) is 11.9. The monoisotopic (exact) mass is 239 g/mol. The van der Waals surface area contributed by atoms with Gasteiger partial charge < -0.3 is 10.1 Å². The van der Waals surface area contributed by atoms with E-state index in [2.05, 4.69) is 38.1 Å². The Labute approximate surface area is 104 Å². The van der Waals surface area contributed by atoms with Crippen LogP contribution in [0.3, 0.4) is 0 Å². The summed E-state index contributed by atoms with van der Waals surface area (Å²) >= 11 is 0. The van der Waals surface area contributed by atoms with Crippen molar-refractivity contribution in [1.82, 2.24) is 15.1 Å². The highest BCUT2D eigenvalue weighted by Crippen LogP contribution is 2.14. The van der Waals surface area contributed by atoms with Gasteiger partial charge in [-0.05, 0) is 34.1 Å². The van der Waals surface area contributed by atoms with E-state index < -0.39 is 0 Å². The van der Waals surface area contributed by atoms with E-state index >= 15 is 0 Å². The minimum absolute atomic E-state index is 0.124. The molecule has 1 rings (SSSR count). The van der Waals surface area contributed by atoms with Crippen LogP contribution in [0.5, 0.6) is 5.88 Å². The molecule has 0 radical (unpaired) electrons. The summed E-state index contributed by atoms with van der Waals surface area (Å²) in [4.78, 5) is 0. The first-order valence-electron chi connectivity index (χ1n) is 6.24. The largest absolute Gasteiger partial charge is 0.473 e. The van der Waals surface area contributed by atoms with Gasteiger partial charge in [-0.1, -0.05) is 6.92 Å². The predicted molar refractivity (Wildman–Crippen MR) is 70.4 cm³/mol. The Bertz CT molecular complexity index is 352. The second-order valence-electron chi connectivity index (χ2n) is 5.53. The molecule has 4 nitrogen and oxygen atoms in total. The third kappa shape index (κ3) is 4.77. The Morgan fingerprint density at radius 2 is 2.12 bits per heavy atom. The average molecular weight is 239 g/mol. The summed E-state index contributed by atoms with van der Waals surface area (Å²) in [6.45, 7) is 11.4. The zero-order chi connectivity index (χ0) is 13.1. The van der Waals surface area contributed by atoms with Gasteiger partial charge in [0.2, 0.25) is 5.88 Å². The van der Waals surface area contributed by atoms with E-state index in [4.69, 9.17) is 4.74 Å². The van der Waals surface area contributed by atoms with Crippen LogP contribution in [0.25, 0.3) is 0 Å². The van der Waals surface area contributed by atoms with Crippen LogP contribution in [0.15, 0.2) is 6.07 Å². The molecule has 98 valence electrons. The van der Waals surface area contributed by atoms with Crippen LogP contribution in [-0.2, 0) is 7.05 Å². The average Bonchev–Trinajstić information content (AvgIpc) is 2.50. The van der Waals surface area contributed by atoms with Crippen molar-refractivity contribution < 1.29 is 4.74 Å². The van der Waals surface area contributed by atoms with Crippen molar-refractivity contribution in [3.8, 4) is 5.88 Å². The van der Waals surface area contributed by atoms with E-state index in [-0.39, 0.29) is 11.6 Å². The lowest BCUT2D eigenvalue weighted by molar-refractivity contribution is 0.167. The molecule has 0 spiro atoms. The van der Waals surface area contributed by atoms with Crippen molar-refractivity contribution >= 4 is 0 Å². The fourth-order valence-electron chi connectivity index (χ4n) is 1.56. The topological polar surface area (TPSA) is 39.1 Å². The number of nitrogens with one attached hydrogen (secondary N) is 1. The molecule has 1 N–H and O–H groups in total. The van der Waals surface area contributed by atoms with Gasteiger partial charge in [0.1, 0.15) is 6.10 Å². The number of aryl methyl sites for hydroxylation is 2. The number of hydrogen-bond acceptors (Lipinski definition) is 3. The maximum absolute atomic E-state index is 5.95. The Morgan fingerprint density at radius 1 is 1.47 bits per heavy atom. The second-order valence-corrected chi connectivity index (χ2v) is 5.53. The SMILES string of the molecule is CCC(CNC(C)(C)C)Oc1cc(C)nn1C. The van der Waals surface area contributed by atoms with Crippen molar-refractivity contribution in [2.24, 2.45) is 7.05 Å². The van der Waals surface area contributed by atoms with Crippen molar-refractivity contribution in [3.63, 3.8) is 0 Å². The molecule has 17 heavy (non-hydrogen) atoms. The van der Waals surface area contributed by atoms with Crippen LogP contribution in [0.4, 0.5) is 0 Å². The van der Waals surface area contributed by atoms with Gasteiger partial charge >= 0.3 is 0 Å². The van der Waals surface area contributed by atoms with Gasteiger partial charge in [-0.25, -0.2) is 4.68 Å². The summed E-state index contributed by atoms with van der Waals surface area (Å²) in [6.07, 6.45) is 1.16. The fourth-order valence-corrected chi connectivity index (χ4v) is 1.56. The molecular weight excluding hydrogens is 214 g/mol. The molecule has 0 amide bonds. The smallest absolute Gasteiger partial charge is 0.212 e. The van der Waals surface area contributed by atoms with Crippen molar-refractivity contribution in [1.29, 1.82) is 0 Å². The van der Waals surface area contributed by atoms with Gasteiger partial charge in [0.15, 0.2) is 0 Å². The molecule has 0 aliphatic carbocycles. The van der Waals surface area contributed by atoms with Gasteiger partial charge in [-0.2, -0.15) is 5.10 Å². The van der Waals surface area contributed by atoms with Crippen molar-refractivity contribution in [2.45, 2.75) is 52.7 Å². The highest BCUT2D eigenvalue weighted by molar-refractivity contribution is 5.14. The number of nitrogens with zero attached hydrogens (tertiary/aromatic N) is 2. The number of hydrogen-bond donors (Lipinski definition) is 1. The fraction of sp³-hybridized carbons (Fsp3) is 0.769. The zero-order valence-electron chi connectivity index (χ0n) is 11.9. The quantitative estimate of drug-likeness (QED) is 0.856. The molecule has 0 bridgehead atoms. The van der Waals surface area contributed by atoms with E-state index in [1.165, 1.54) is 0 Å². The molecular formula is C13H25N3O. The van der Waals surface area contributed by atoms with Crippen molar-refractivity contribution in [2.75, 3.05) is 6.54 Å². The highest BCUT2D eigenvalue weighted by atomic mass is 16.5. The van der Waals surface area contributed by atoms with Crippen molar-refractivity contribution in [3.05, 3.63) is 11.8 Å². The van der Waals surface area contributed by atoms with E-state index in [1.807, 2.05) is 20.0 Å². The van der Waals surface area contributed by atoms with E-state index in [9.17, 15) is 0 Å². The standard InChI is InChI=1S/C13H25N3O/c1-7-11(9-14-13(3,4)5)17-12-8-10(2)15-16(12)6/h8,11,14H,7,9H2,1-6H3. The molecule has 1 atom stereocenters. The minimum atomic E-state index is 0.124. The molecule has 0 aliphatic rings. The number of ether oxygens (including phenoxy) is 1. The molecule has 0 aromatic carbocycles. The molecule has 0 fully saturated rings. The summed E-state index contributed by atoms with van der Waals surface area (Å²) in [5.41, 5.74) is 1.11. The Balaban J connectivity index is 2.55. The maximum Gasteiger partial charge on any atom is 0.212 e. The lowest BCUT2D eigenvalue weighted by Crippen LogP contribution is -2.42. The number of aromatic nitrogens is 2. The minimum Gasteiger partial charge on any atom is -0.473 e. The highest BCUT2D eigenvalue weighted by Gasteiger charge is 2.15. The summed E-state index contributed by atoms with van der Waals surface area (Å²) in [6, 6.07) is 1.97. The van der Waals surface area contributed by atoms with Crippen LogP contribution in [0.2, 0.25) is 0 Å². The lowest BCUT2D eigenvalue weighted by atomic mass is 10.1. The Morgan fingerprint density at radius 3 is 2.53 bits per heavy atom. The number of rotatable bonds is 5. The van der Waals surface area contributed by atoms with Gasteiger partial charge in [0.05, 0.1) is 5.69 Å². The molecule has 0 aliphatic heterocycles. The summed E-state index contributed by atoms with van der Waals surface area (Å²) in [5.74, 6) is 0.838. The van der Waals surface area contributed by atoms with Crippen LogP contribution < -0.4 is 10.1 Å². The Hall–Kier alpha value is -1.03. The first-order valence-corrected chi connectivity index (χ1v) is 6.24. The Kier molecular flexibility index (Phi) is 4.57. The predicted octanol–water partition coefficient (Wildman–Crippen LogP) is 2.27. The van der Waals surface area contributed by atoms with Crippen LogP contribution in [-0.4, -0.2) is 28.0 Å². The molecule has 0 saturated carbocycles. The second kappa shape index (κ2) is 5.54. The van der Waals surface area contributed by atoms with Crippen LogP contribution >= 0.6 is 0 Å². The van der Waals surface area contributed by atoms with Crippen LogP contribution in [0.1, 0.15) is 39.8 Å². The first kappa shape index (κ1) is 14.0.